The second-order valence-electron chi connectivity index (χ2n) is 8.67. The van der Waals surface area contributed by atoms with Crippen LogP contribution in [0.2, 0.25) is 10.0 Å². The second-order valence-corrected chi connectivity index (χ2v) is 12.9. The van der Waals surface area contributed by atoms with E-state index in [1.165, 1.54) is 7.11 Å². The highest BCUT2D eigenvalue weighted by Crippen LogP contribution is 2.50. The molecule has 2 aromatic carbocycles. The summed E-state index contributed by atoms with van der Waals surface area (Å²) < 4.78 is 52.7. The summed E-state index contributed by atoms with van der Waals surface area (Å²) in [7, 11) is -6.04. The van der Waals surface area contributed by atoms with Gasteiger partial charge in [-0.05, 0) is 61.9 Å². The Balaban J connectivity index is 1.77. The van der Waals surface area contributed by atoms with Crippen LogP contribution >= 0.6 is 38.8 Å². The van der Waals surface area contributed by atoms with Crippen molar-refractivity contribution in [3.05, 3.63) is 70.7 Å². The average molecular weight is 622 g/mol. The van der Waals surface area contributed by atoms with Gasteiger partial charge in [0, 0.05) is 13.7 Å². The maximum absolute atomic E-state index is 13.2. The molecule has 0 radical (unpaired) electrons. The van der Waals surface area contributed by atoms with Crippen LogP contribution in [0.5, 0.6) is 11.5 Å². The third-order valence-corrected chi connectivity index (χ3v) is 9.06. The molecule has 218 valence electrons. The highest BCUT2D eigenvalue weighted by molar-refractivity contribution is 7.52. The number of phosphoric ester groups is 1. The van der Waals surface area contributed by atoms with Crippen LogP contribution in [0.1, 0.15) is 57.4 Å². The minimum absolute atomic E-state index is 0.164. The molecule has 2 aromatic rings. The van der Waals surface area contributed by atoms with Gasteiger partial charge < -0.3 is 9.05 Å². The number of benzene rings is 2. The molecule has 0 aliphatic carbocycles. The van der Waals surface area contributed by atoms with E-state index >= 15 is 0 Å². The molecule has 0 saturated carbocycles. The minimum Gasteiger partial charge on any atom is -0.412 e. The number of aryl methyl sites for hydroxylation is 1. The molecule has 1 N–H and O–H groups in total. The van der Waals surface area contributed by atoms with Crippen molar-refractivity contribution < 1.29 is 31.7 Å². The van der Waals surface area contributed by atoms with Crippen molar-refractivity contribution in [1.82, 2.24) is 5.09 Å². The summed E-state index contributed by atoms with van der Waals surface area (Å²) in [6.07, 6.45) is 8.34. The Labute approximate surface area is 242 Å². The summed E-state index contributed by atoms with van der Waals surface area (Å²) in [6.45, 7) is 6.62. The van der Waals surface area contributed by atoms with E-state index in [1.54, 1.807) is 42.5 Å². The number of halogens is 2. The van der Waals surface area contributed by atoms with Gasteiger partial charge in [-0.2, -0.15) is 0 Å². The Kier molecular flexibility index (Phi) is 15.8. The molecule has 0 spiro atoms. The highest BCUT2D eigenvalue weighted by Gasteiger charge is 2.28. The molecule has 8 nitrogen and oxygen atoms in total. The van der Waals surface area contributed by atoms with Crippen molar-refractivity contribution in [2.24, 2.45) is 0 Å². The molecule has 2 atom stereocenters. The van der Waals surface area contributed by atoms with E-state index in [-0.39, 0.29) is 12.4 Å². The number of para-hydroxylation sites is 1. The van der Waals surface area contributed by atoms with Gasteiger partial charge in [0.2, 0.25) is 0 Å². The lowest BCUT2D eigenvalue weighted by molar-refractivity contribution is 0.182. The molecule has 0 bridgehead atoms. The second kappa shape index (κ2) is 18.2. The summed E-state index contributed by atoms with van der Waals surface area (Å²) in [5, 5.41) is 3.68. The van der Waals surface area contributed by atoms with Gasteiger partial charge in [-0.15, -0.1) is 6.58 Å². The maximum Gasteiger partial charge on any atom is 0.529 e. The topological polar surface area (TPSA) is 92.3 Å². The number of nitrogens with one attached hydrogen (secondary N) is 1. The van der Waals surface area contributed by atoms with Gasteiger partial charge in [0.05, 0.1) is 23.3 Å². The van der Waals surface area contributed by atoms with Crippen molar-refractivity contribution in [3.8, 4) is 11.5 Å². The highest BCUT2D eigenvalue weighted by atomic mass is 35.5. The van der Waals surface area contributed by atoms with Gasteiger partial charge in [0.15, 0.2) is 0 Å². The quantitative estimate of drug-likeness (QED) is 0.0837. The minimum atomic E-state index is -3.76. The lowest BCUT2D eigenvalue weighted by atomic mass is 10.1. The monoisotopic (exact) mass is 621 g/mol. The van der Waals surface area contributed by atoms with E-state index in [0.29, 0.717) is 35.4 Å². The fourth-order valence-corrected chi connectivity index (χ4v) is 6.28. The lowest BCUT2D eigenvalue weighted by Crippen LogP contribution is -2.18. The number of phosphoric acid groups is 1. The lowest BCUT2D eigenvalue weighted by Gasteiger charge is -2.20. The Morgan fingerprint density at radius 3 is 2.33 bits per heavy atom. The van der Waals surface area contributed by atoms with Gasteiger partial charge in [-0.25, -0.2) is 14.2 Å². The average Bonchev–Trinajstić information content (AvgIpc) is 2.91. The first-order valence-corrected chi connectivity index (χ1v) is 16.8. The zero-order valence-corrected chi connectivity index (χ0v) is 25.9. The fourth-order valence-electron chi connectivity index (χ4n) is 3.36. The Morgan fingerprint density at radius 2 is 1.64 bits per heavy atom. The SMILES string of the molecule is C=CCCOP(=O)(OC)Oc1ccc(CCCCCCNP(=O)(OCCCC)Oc2ccccc2Cl)cc1Cl. The van der Waals surface area contributed by atoms with Gasteiger partial charge in [0.25, 0.3) is 0 Å². The molecule has 0 heterocycles. The fraction of sp³-hybridized carbons (Fsp3) is 0.481. The summed E-state index contributed by atoms with van der Waals surface area (Å²) >= 11 is 12.5. The van der Waals surface area contributed by atoms with Crippen LogP contribution in [0.3, 0.4) is 0 Å². The van der Waals surface area contributed by atoms with Crippen molar-refractivity contribution in [1.29, 1.82) is 0 Å². The van der Waals surface area contributed by atoms with Crippen LogP contribution in [0.4, 0.5) is 0 Å². The maximum atomic E-state index is 13.2. The van der Waals surface area contributed by atoms with Crippen LogP contribution in [-0.2, 0) is 29.1 Å². The van der Waals surface area contributed by atoms with E-state index in [2.05, 4.69) is 11.7 Å². The summed E-state index contributed by atoms with van der Waals surface area (Å²) in [4.78, 5) is 0. The van der Waals surface area contributed by atoms with Crippen molar-refractivity contribution in [2.75, 3.05) is 26.9 Å². The number of hydrogen-bond acceptors (Lipinski definition) is 7. The van der Waals surface area contributed by atoms with Gasteiger partial charge in [-0.1, -0.05) is 73.7 Å². The number of rotatable bonds is 21. The largest absolute Gasteiger partial charge is 0.529 e. The van der Waals surface area contributed by atoms with Crippen LogP contribution in [0.25, 0.3) is 0 Å². The van der Waals surface area contributed by atoms with Crippen molar-refractivity contribution >= 4 is 38.8 Å². The molecule has 0 amide bonds. The molecule has 0 aromatic heterocycles. The molecule has 12 heteroatoms. The smallest absolute Gasteiger partial charge is 0.412 e. The van der Waals surface area contributed by atoms with E-state index in [4.69, 9.17) is 45.8 Å². The Bertz CT molecular complexity index is 1120. The molecule has 0 fully saturated rings. The number of unbranched alkanes of at least 4 members (excludes halogenated alkanes) is 4. The van der Waals surface area contributed by atoms with Crippen LogP contribution in [-0.4, -0.2) is 26.9 Å². The molecular formula is C27H39Cl2NO7P2. The zero-order valence-electron chi connectivity index (χ0n) is 22.6. The predicted octanol–water partition coefficient (Wildman–Crippen LogP) is 9.42. The normalized spacial score (nSPS) is 14.4. The summed E-state index contributed by atoms with van der Waals surface area (Å²) in [5.74, 6) is 0.562. The molecule has 0 aliphatic rings. The summed E-state index contributed by atoms with van der Waals surface area (Å²) in [6, 6.07) is 12.2. The van der Waals surface area contributed by atoms with E-state index in [0.717, 1.165) is 50.5 Å². The van der Waals surface area contributed by atoms with E-state index < -0.39 is 15.6 Å². The molecule has 2 rings (SSSR count). The summed E-state index contributed by atoms with van der Waals surface area (Å²) in [5.41, 5.74) is 1.03. The van der Waals surface area contributed by atoms with Crippen LogP contribution < -0.4 is 14.1 Å². The first-order valence-electron chi connectivity index (χ1n) is 13.1. The number of hydrogen-bond donors (Lipinski definition) is 1. The predicted molar refractivity (Wildman–Crippen MR) is 158 cm³/mol. The zero-order chi connectivity index (χ0) is 28.6. The molecule has 0 aliphatic heterocycles. The van der Waals surface area contributed by atoms with Gasteiger partial charge >= 0.3 is 15.6 Å². The standard InChI is InChI=1S/C27H39Cl2NO7P2/c1-4-6-20-34-38(31,36-26-16-12-11-15-24(26)28)30-19-13-9-8-10-14-23-17-18-27(25(29)22-23)37-39(32,33-3)35-21-7-5-2/h5,11-12,15-18,22H,2,4,6-10,13-14,19-21H2,1,3H3,(H,30,31). The first-order chi connectivity index (χ1) is 18.7. The first kappa shape index (κ1) is 33.9. The Hall–Kier alpha value is -1.34. The molecule has 2 unspecified atom stereocenters. The molecule has 39 heavy (non-hydrogen) atoms. The van der Waals surface area contributed by atoms with Crippen molar-refractivity contribution in [2.45, 2.75) is 58.3 Å². The Morgan fingerprint density at radius 1 is 0.897 bits per heavy atom. The third kappa shape index (κ3) is 12.8. The van der Waals surface area contributed by atoms with Crippen molar-refractivity contribution in [3.63, 3.8) is 0 Å². The van der Waals surface area contributed by atoms with E-state index in [1.807, 2.05) is 13.0 Å². The van der Waals surface area contributed by atoms with Gasteiger partial charge in [0.1, 0.15) is 11.5 Å². The van der Waals surface area contributed by atoms with E-state index in [9.17, 15) is 9.13 Å². The van der Waals surface area contributed by atoms with Crippen LogP contribution in [0, 0.1) is 0 Å². The molecule has 0 saturated heterocycles. The van der Waals surface area contributed by atoms with Crippen LogP contribution in [0.15, 0.2) is 55.1 Å². The van der Waals surface area contributed by atoms with Gasteiger partial charge in [-0.3, -0.25) is 13.6 Å². The molecular weight excluding hydrogens is 583 g/mol. The third-order valence-electron chi connectivity index (χ3n) is 5.51.